The molecule has 6 heteroatoms. The molecule has 298 valence electrons. The van der Waals surface area contributed by atoms with Crippen molar-refractivity contribution in [2.24, 2.45) is 5.73 Å². The van der Waals surface area contributed by atoms with E-state index < -0.39 is 18.2 Å². The van der Waals surface area contributed by atoms with Crippen LogP contribution in [0.1, 0.15) is 245 Å². The summed E-state index contributed by atoms with van der Waals surface area (Å²) in [6.07, 6.45) is 41.3. The van der Waals surface area contributed by atoms with Gasteiger partial charge in [-0.1, -0.05) is 206 Å². The number of alkyl halides is 1. The number of esters is 2. The fourth-order valence-corrected chi connectivity index (χ4v) is 6.76. The number of halogens is 1. The van der Waals surface area contributed by atoms with Crippen molar-refractivity contribution in [2.45, 2.75) is 257 Å². The molecule has 0 aromatic rings. The van der Waals surface area contributed by atoms with E-state index in [9.17, 15) is 14.0 Å². The molecule has 0 aromatic carbocycles. The van der Waals surface area contributed by atoms with Gasteiger partial charge in [0.1, 0.15) is 12.2 Å². The average Bonchev–Trinajstić information content (AvgIpc) is 3.11. The van der Waals surface area contributed by atoms with Crippen LogP contribution in [0.5, 0.6) is 0 Å². The summed E-state index contributed by atoms with van der Waals surface area (Å²) in [5, 5.41) is 0. The van der Waals surface area contributed by atoms with E-state index in [0.29, 0.717) is 25.9 Å². The van der Waals surface area contributed by atoms with Gasteiger partial charge in [0.2, 0.25) is 0 Å². The molecule has 0 amide bonds. The van der Waals surface area contributed by atoms with E-state index >= 15 is 0 Å². The van der Waals surface area contributed by atoms with Crippen LogP contribution in [0.4, 0.5) is 4.39 Å². The number of rotatable bonds is 41. The van der Waals surface area contributed by atoms with Crippen LogP contribution in [0.3, 0.4) is 0 Å². The highest BCUT2D eigenvalue weighted by molar-refractivity contribution is 5.75. The smallest absolute Gasteiger partial charge is 0.322 e. The summed E-state index contributed by atoms with van der Waals surface area (Å²) in [5.41, 5.74) is 5.97. The molecule has 0 fully saturated rings. The first-order valence-corrected chi connectivity index (χ1v) is 22.2. The molecular formula is C44H86FNO4. The minimum absolute atomic E-state index is 0.0480. The zero-order chi connectivity index (χ0) is 36.6. The maximum atomic E-state index is 13.9. The second-order valence-corrected chi connectivity index (χ2v) is 15.3. The van der Waals surface area contributed by atoms with Gasteiger partial charge in [-0.15, -0.1) is 0 Å². The Morgan fingerprint density at radius 1 is 0.440 bits per heavy atom. The van der Waals surface area contributed by atoms with E-state index in [0.717, 1.165) is 70.6 Å². The Hall–Kier alpha value is -1.17. The molecule has 0 heterocycles. The number of hydrogen-bond acceptors (Lipinski definition) is 5. The average molecular weight is 712 g/mol. The Morgan fingerprint density at radius 2 is 0.800 bits per heavy atom. The number of hydrogen-bond donors (Lipinski definition) is 1. The van der Waals surface area contributed by atoms with Gasteiger partial charge in [-0.25, -0.2) is 4.39 Å². The Balaban J connectivity index is 3.34. The molecule has 2 atom stereocenters. The van der Waals surface area contributed by atoms with Crippen LogP contribution in [0.15, 0.2) is 0 Å². The van der Waals surface area contributed by atoms with Crippen molar-refractivity contribution in [3.05, 3.63) is 0 Å². The summed E-state index contributed by atoms with van der Waals surface area (Å²) in [6.45, 7) is 5.15. The SMILES string of the molecule is CCCCCCCCCCCCCCCCCCCCCCOC(=O)CCCCCCCCCC(N)C(=O)OCCC(F)CCCCCCC. The summed E-state index contributed by atoms with van der Waals surface area (Å²) < 4.78 is 24.6. The van der Waals surface area contributed by atoms with Gasteiger partial charge in [0.15, 0.2) is 0 Å². The fraction of sp³-hybridized carbons (Fsp3) is 0.955. The molecule has 0 saturated heterocycles. The van der Waals surface area contributed by atoms with Crippen LogP contribution >= 0.6 is 0 Å². The molecule has 0 rings (SSSR count). The molecule has 0 aliphatic heterocycles. The van der Waals surface area contributed by atoms with Gasteiger partial charge in [-0.05, 0) is 25.7 Å². The van der Waals surface area contributed by atoms with Crippen molar-refractivity contribution >= 4 is 11.9 Å². The number of unbranched alkanes of at least 4 members (excludes halogenated alkanes) is 29. The van der Waals surface area contributed by atoms with Crippen molar-refractivity contribution < 1.29 is 23.5 Å². The van der Waals surface area contributed by atoms with E-state index in [2.05, 4.69) is 13.8 Å². The van der Waals surface area contributed by atoms with Crippen LogP contribution in [-0.4, -0.2) is 37.4 Å². The number of carbonyl (C=O) groups excluding carboxylic acids is 2. The number of nitrogens with two attached hydrogens (primary N) is 1. The van der Waals surface area contributed by atoms with E-state index in [4.69, 9.17) is 15.2 Å². The number of carbonyl (C=O) groups is 2. The van der Waals surface area contributed by atoms with Gasteiger partial charge in [-0.3, -0.25) is 9.59 Å². The summed E-state index contributed by atoms with van der Waals surface area (Å²) >= 11 is 0. The van der Waals surface area contributed by atoms with E-state index in [1.807, 2.05) is 0 Å². The lowest BCUT2D eigenvalue weighted by molar-refractivity contribution is -0.146. The molecule has 2 N–H and O–H groups in total. The largest absolute Gasteiger partial charge is 0.466 e. The molecule has 2 unspecified atom stereocenters. The van der Waals surface area contributed by atoms with Crippen molar-refractivity contribution in [2.75, 3.05) is 13.2 Å². The summed E-state index contributed by atoms with van der Waals surface area (Å²) in [4.78, 5) is 24.1. The maximum absolute atomic E-state index is 13.9. The molecule has 0 bridgehead atoms. The molecular weight excluding hydrogens is 625 g/mol. The fourth-order valence-electron chi connectivity index (χ4n) is 6.76. The number of ether oxygens (including phenoxy) is 2. The lowest BCUT2D eigenvalue weighted by Crippen LogP contribution is -2.32. The first kappa shape index (κ1) is 48.8. The van der Waals surface area contributed by atoms with Crippen molar-refractivity contribution in [3.63, 3.8) is 0 Å². The van der Waals surface area contributed by atoms with E-state index in [-0.39, 0.29) is 19.0 Å². The summed E-state index contributed by atoms with van der Waals surface area (Å²) in [6, 6.07) is -0.614. The third-order valence-electron chi connectivity index (χ3n) is 10.3. The first-order chi connectivity index (χ1) is 24.5. The lowest BCUT2D eigenvalue weighted by Gasteiger charge is -2.13. The Bertz CT molecular complexity index is 706. The molecule has 0 aliphatic carbocycles. The third kappa shape index (κ3) is 38.1. The predicted molar refractivity (Wildman–Crippen MR) is 212 cm³/mol. The predicted octanol–water partition coefficient (Wildman–Crippen LogP) is 13.8. The normalized spacial score (nSPS) is 12.6. The molecule has 5 nitrogen and oxygen atoms in total. The molecule has 0 aliphatic rings. The molecule has 0 saturated carbocycles. The van der Waals surface area contributed by atoms with Crippen LogP contribution in [0, 0.1) is 0 Å². The van der Waals surface area contributed by atoms with E-state index in [1.54, 1.807) is 0 Å². The Kier molecular flexibility index (Phi) is 39.6. The molecule has 0 radical (unpaired) electrons. The molecule has 50 heavy (non-hydrogen) atoms. The van der Waals surface area contributed by atoms with Crippen LogP contribution in [-0.2, 0) is 19.1 Å². The monoisotopic (exact) mass is 712 g/mol. The van der Waals surface area contributed by atoms with Crippen molar-refractivity contribution in [1.82, 2.24) is 0 Å². The van der Waals surface area contributed by atoms with Gasteiger partial charge in [0.25, 0.3) is 0 Å². The molecule has 0 aromatic heterocycles. The zero-order valence-electron chi connectivity index (χ0n) is 33.6. The summed E-state index contributed by atoms with van der Waals surface area (Å²) in [7, 11) is 0. The maximum Gasteiger partial charge on any atom is 0.322 e. The van der Waals surface area contributed by atoms with Crippen LogP contribution < -0.4 is 5.73 Å². The third-order valence-corrected chi connectivity index (χ3v) is 10.3. The Morgan fingerprint density at radius 3 is 1.24 bits per heavy atom. The zero-order valence-corrected chi connectivity index (χ0v) is 33.6. The van der Waals surface area contributed by atoms with Crippen molar-refractivity contribution in [1.29, 1.82) is 0 Å². The first-order valence-electron chi connectivity index (χ1n) is 22.2. The van der Waals surface area contributed by atoms with Crippen molar-refractivity contribution in [3.8, 4) is 0 Å². The second kappa shape index (κ2) is 40.6. The highest BCUT2D eigenvalue weighted by Gasteiger charge is 2.15. The van der Waals surface area contributed by atoms with Crippen LogP contribution in [0.2, 0.25) is 0 Å². The van der Waals surface area contributed by atoms with Gasteiger partial charge < -0.3 is 15.2 Å². The van der Waals surface area contributed by atoms with Gasteiger partial charge in [0.05, 0.1) is 13.2 Å². The van der Waals surface area contributed by atoms with Gasteiger partial charge in [0, 0.05) is 12.8 Å². The quantitative estimate of drug-likeness (QED) is 0.0504. The van der Waals surface area contributed by atoms with Gasteiger partial charge in [-0.2, -0.15) is 0 Å². The standard InChI is InChI=1S/C44H86FNO4/c1-3-5-7-9-10-11-12-13-14-15-16-17-18-19-20-21-22-26-30-34-39-49-43(47)37-33-29-25-23-24-28-32-36-42(46)44(48)50-40-38-41(45)35-31-27-8-6-4-2/h41-42H,3-40,46H2,1-2H3. The van der Waals surface area contributed by atoms with E-state index in [1.165, 1.54) is 135 Å². The summed E-state index contributed by atoms with van der Waals surface area (Å²) in [5.74, 6) is -0.453. The highest BCUT2D eigenvalue weighted by atomic mass is 19.1. The second-order valence-electron chi connectivity index (χ2n) is 15.3. The lowest BCUT2D eigenvalue weighted by atomic mass is 10.0. The topological polar surface area (TPSA) is 78.6 Å². The minimum atomic E-state index is -0.899. The van der Waals surface area contributed by atoms with Crippen LogP contribution in [0.25, 0.3) is 0 Å². The van der Waals surface area contributed by atoms with Gasteiger partial charge >= 0.3 is 11.9 Å². The Labute approximate surface area is 310 Å². The highest BCUT2D eigenvalue weighted by Crippen LogP contribution is 2.16. The molecule has 0 spiro atoms. The minimum Gasteiger partial charge on any atom is -0.466 e.